The van der Waals surface area contributed by atoms with Gasteiger partial charge in [0.15, 0.2) is 0 Å². The van der Waals surface area contributed by atoms with Crippen molar-refractivity contribution in [1.29, 1.82) is 0 Å². The molecule has 0 aliphatic heterocycles. The van der Waals surface area contributed by atoms with Gasteiger partial charge in [0.25, 0.3) is 0 Å². The Kier molecular flexibility index (Phi) is 3.92. The number of nitrogens with zero attached hydrogens (tertiary/aromatic N) is 2. The number of carbonyl (C=O) groups excluding carboxylic acids is 1. The molecule has 3 aromatic rings. The molecule has 0 saturated heterocycles. The van der Waals surface area contributed by atoms with Crippen molar-refractivity contribution >= 4 is 23.0 Å². The van der Waals surface area contributed by atoms with Crippen LogP contribution in [-0.4, -0.2) is 15.5 Å². The lowest BCUT2D eigenvalue weighted by molar-refractivity contribution is -0.116. The number of nitrogens with one attached hydrogen (secondary N) is 1. The third-order valence-corrected chi connectivity index (χ3v) is 4.82. The zero-order valence-electron chi connectivity index (χ0n) is 14.4. The molecule has 0 bridgehead atoms. The second kappa shape index (κ2) is 6.24. The minimum absolute atomic E-state index is 0.162. The van der Waals surface area contributed by atoms with E-state index in [1.165, 1.54) is 12.5 Å². The summed E-state index contributed by atoms with van der Waals surface area (Å²) >= 11 is 0. The Morgan fingerprint density at radius 1 is 1.36 bits per heavy atom. The minimum atomic E-state index is -0.162. The molecule has 25 heavy (non-hydrogen) atoms. The van der Waals surface area contributed by atoms with Crippen LogP contribution in [0.4, 0.5) is 0 Å². The Balaban J connectivity index is 1.37. The summed E-state index contributed by atoms with van der Waals surface area (Å²) in [4.78, 5) is 16.6. The van der Waals surface area contributed by atoms with Gasteiger partial charge in [0.1, 0.15) is 17.3 Å². The Morgan fingerprint density at radius 3 is 2.92 bits per heavy atom. The summed E-state index contributed by atoms with van der Waals surface area (Å²) in [5.41, 5.74) is 1.99. The predicted octanol–water partition coefficient (Wildman–Crippen LogP) is 3.62. The number of para-hydroxylation sites is 2. The van der Waals surface area contributed by atoms with Gasteiger partial charge in [-0.05, 0) is 42.7 Å². The molecule has 2 aromatic heterocycles. The van der Waals surface area contributed by atoms with Crippen LogP contribution < -0.4 is 5.32 Å². The van der Waals surface area contributed by atoms with E-state index < -0.39 is 0 Å². The second-order valence-corrected chi connectivity index (χ2v) is 6.69. The van der Waals surface area contributed by atoms with Gasteiger partial charge in [-0.2, -0.15) is 0 Å². The molecule has 4 rings (SSSR count). The maximum atomic E-state index is 12.0. The van der Waals surface area contributed by atoms with Crippen LogP contribution in [0.3, 0.4) is 0 Å². The molecule has 2 atom stereocenters. The number of hydrogen-bond acceptors (Lipinski definition) is 3. The SMILES string of the molecule is CC1CC1c1ccc(/C=C/C(=O)NCc2nc3ccccc3n2C)o1. The number of hydrogen-bond donors (Lipinski definition) is 1. The number of aryl methyl sites for hydroxylation is 1. The fraction of sp³-hybridized carbons (Fsp3) is 0.300. The number of carbonyl (C=O) groups is 1. The fourth-order valence-electron chi connectivity index (χ4n) is 3.11. The van der Waals surface area contributed by atoms with Gasteiger partial charge in [-0.3, -0.25) is 4.79 Å². The summed E-state index contributed by atoms with van der Waals surface area (Å²) in [7, 11) is 1.95. The van der Waals surface area contributed by atoms with Crippen LogP contribution in [0, 0.1) is 5.92 Å². The van der Waals surface area contributed by atoms with E-state index in [0.717, 1.165) is 22.6 Å². The van der Waals surface area contributed by atoms with Crippen LogP contribution in [0.15, 0.2) is 46.9 Å². The zero-order chi connectivity index (χ0) is 17.4. The number of imidazole rings is 1. The second-order valence-electron chi connectivity index (χ2n) is 6.69. The Morgan fingerprint density at radius 2 is 2.16 bits per heavy atom. The monoisotopic (exact) mass is 335 g/mol. The largest absolute Gasteiger partial charge is 0.461 e. The normalized spacial score (nSPS) is 19.6. The van der Waals surface area contributed by atoms with Gasteiger partial charge >= 0.3 is 0 Å². The third kappa shape index (κ3) is 3.22. The third-order valence-electron chi connectivity index (χ3n) is 4.82. The van der Waals surface area contributed by atoms with Gasteiger partial charge in [-0.25, -0.2) is 4.98 Å². The van der Waals surface area contributed by atoms with Crippen molar-refractivity contribution in [2.24, 2.45) is 13.0 Å². The van der Waals surface area contributed by atoms with Crippen molar-refractivity contribution in [3.8, 4) is 0 Å². The van der Waals surface area contributed by atoms with Crippen LogP contribution in [0.1, 0.15) is 36.6 Å². The van der Waals surface area contributed by atoms with Gasteiger partial charge in [0.2, 0.25) is 5.91 Å². The highest BCUT2D eigenvalue weighted by molar-refractivity contribution is 5.91. The highest BCUT2D eigenvalue weighted by Crippen LogP contribution is 2.47. The van der Waals surface area contributed by atoms with E-state index in [9.17, 15) is 4.79 Å². The summed E-state index contributed by atoms with van der Waals surface area (Å²) in [5.74, 6) is 3.66. The van der Waals surface area contributed by atoms with E-state index in [1.807, 2.05) is 48.0 Å². The number of benzene rings is 1. The molecule has 128 valence electrons. The summed E-state index contributed by atoms with van der Waals surface area (Å²) < 4.78 is 7.76. The van der Waals surface area contributed by atoms with Gasteiger partial charge < -0.3 is 14.3 Å². The average Bonchev–Trinajstić information content (AvgIpc) is 3.05. The van der Waals surface area contributed by atoms with Gasteiger partial charge in [0.05, 0.1) is 17.6 Å². The van der Waals surface area contributed by atoms with Crippen molar-refractivity contribution in [3.05, 3.63) is 59.8 Å². The van der Waals surface area contributed by atoms with Crippen molar-refractivity contribution < 1.29 is 9.21 Å². The van der Waals surface area contributed by atoms with Gasteiger partial charge in [-0.15, -0.1) is 0 Å². The highest BCUT2D eigenvalue weighted by atomic mass is 16.3. The van der Waals surface area contributed by atoms with Crippen molar-refractivity contribution in [2.45, 2.75) is 25.8 Å². The van der Waals surface area contributed by atoms with Crippen molar-refractivity contribution in [2.75, 3.05) is 0 Å². The zero-order valence-corrected chi connectivity index (χ0v) is 14.4. The van der Waals surface area contributed by atoms with Gasteiger partial charge in [-0.1, -0.05) is 19.1 Å². The van der Waals surface area contributed by atoms with Crippen LogP contribution in [0.25, 0.3) is 17.1 Å². The molecule has 1 N–H and O–H groups in total. The van der Waals surface area contributed by atoms with Crippen LogP contribution in [0.5, 0.6) is 0 Å². The molecule has 5 nitrogen and oxygen atoms in total. The summed E-state index contributed by atoms with van der Waals surface area (Å²) in [5, 5.41) is 2.87. The number of rotatable bonds is 5. The Bertz CT molecular complexity index is 951. The maximum absolute atomic E-state index is 12.0. The Hall–Kier alpha value is -2.82. The Labute approximate surface area is 146 Å². The van der Waals surface area contributed by atoms with Crippen LogP contribution in [0.2, 0.25) is 0 Å². The lowest BCUT2D eigenvalue weighted by atomic mass is 10.3. The molecule has 1 aliphatic carbocycles. The first-order valence-corrected chi connectivity index (χ1v) is 8.58. The molecule has 1 fully saturated rings. The number of fused-ring (bicyclic) bond motifs is 1. The van der Waals surface area contributed by atoms with Crippen molar-refractivity contribution in [3.63, 3.8) is 0 Å². The maximum Gasteiger partial charge on any atom is 0.244 e. The smallest absolute Gasteiger partial charge is 0.244 e. The molecule has 1 amide bonds. The van der Waals surface area contributed by atoms with E-state index >= 15 is 0 Å². The molecule has 2 heterocycles. The van der Waals surface area contributed by atoms with E-state index in [2.05, 4.69) is 17.2 Å². The minimum Gasteiger partial charge on any atom is -0.461 e. The van der Waals surface area contributed by atoms with E-state index in [-0.39, 0.29) is 5.91 Å². The quantitative estimate of drug-likeness (QED) is 0.725. The average molecular weight is 335 g/mol. The number of amides is 1. The van der Waals surface area contributed by atoms with Gasteiger partial charge in [0, 0.05) is 19.0 Å². The first-order valence-electron chi connectivity index (χ1n) is 8.58. The topological polar surface area (TPSA) is 60.1 Å². The summed E-state index contributed by atoms with van der Waals surface area (Å²) in [6.07, 6.45) is 4.40. The highest BCUT2D eigenvalue weighted by Gasteiger charge is 2.36. The summed E-state index contributed by atoms with van der Waals surface area (Å²) in [6, 6.07) is 11.8. The molecule has 1 aliphatic rings. The molecule has 1 aromatic carbocycles. The van der Waals surface area contributed by atoms with E-state index in [0.29, 0.717) is 24.1 Å². The van der Waals surface area contributed by atoms with Crippen LogP contribution in [-0.2, 0) is 18.4 Å². The standard InChI is InChI=1S/C20H21N3O2/c1-13-11-15(13)18-9-7-14(25-18)8-10-20(24)21-12-19-22-16-5-3-4-6-17(16)23(19)2/h3-10,13,15H,11-12H2,1-2H3,(H,21,24)/b10-8+. The van der Waals surface area contributed by atoms with Crippen molar-refractivity contribution in [1.82, 2.24) is 14.9 Å². The molecule has 5 heteroatoms. The molecule has 0 spiro atoms. The molecule has 2 unspecified atom stereocenters. The predicted molar refractivity (Wildman–Crippen MR) is 96.8 cm³/mol. The fourth-order valence-corrected chi connectivity index (χ4v) is 3.11. The molecular formula is C20H21N3O2. The number of furan rings is 1. The first kappa shape index (κ1) is 15.7. The lowest BCUT2D eigenvalue weighted by Crippen LogP contribution is -2.22. The first-order chi connectivity index (χ1) is 12.1. The molecule has 0 radical (unpaired) electrons. The molecular weight excluding hydrogens is 314 g/mol. The van der Waals surface area contributed by atoms with E-state index in [1.54, 1.807) is 6.08 Å². The van der Waals surface area contributed by atoms with E-state index in [4.69, 9.17) is 4.42 Å². The molecule has 1 saturated carbocycles. The van der Waals surface area contributed by atoms with Crippen LogP contribution >= 0.6 is 0 Å². The number of aromatic nitrogens is 2. The lowest BCUT2D eigenvalue weighted by Gasteiger charge is -2.03. The summed E-state index contributed by atoms with van der Waals surface area (Å²) in [6.45, 7) is 2.61.